The van der Waals surface area contributed by atoms with Crippen LogP contribution in [0.25, 0.3) is 11.2 Å². The van der Waals surface area contributed by atoms with Crippen LogP contribution in [0.5, 0.6) is 0 Å². The van der Waals surface area contributed by atoms with Crippen molar-refractivity contribution in [3.8, 4) is 0 Å². The summed E-state index contributed by atoms with van der Waals surface area (Å²) in [7, 11) is 0. The van der Waals surface area contributed by atoms with E-state index < -0.39 is 0 Å². The minimum absolute atomic E-state index is 0.0490. The first kappa shape index (κ1) is 23.6. The maximum absolute atomic E-state index is 13.9. The number of amides is 1. The van der Waals surface area contributed by atoms with Crippen LogP contribution in [-0.4, -0.2) is 31.9 Å². The Morgan fingerprint density at radius 2 is 1.80 bits per heavy atom. The van der Waals surface area contributed by atoms with Gasteiger partial charge in [0.1, 0.15) is 11.3 Å². The minimum Gasteiger partial charge on any atom is -0.328 e. The number of carbonyl (C=O) groups excluding carboxylic acids is 1. The molecular weight excluding hydrogens is 456 g/mol. The largest absolute Gasteiger partial charge is 0.328 e. The van der Waals surface area contributed by atoms with Gasteiger partial charge >= 0.3 is 0 Å². The quantitative estimate of drug-likeness (QED) is 0.278. The van der Waals surface area contributed by atoms with Gasteiger partial charge in [0, 0.05) is 18.3 Å². The number of imidazole rings is 1. The van der Waals surface area contributed by atoms with Crippen molar-refractivity contribution in [2.75, 3.05) is 6.54 Å². The third kappa shape index (κ3) is 4.96. The number of hydrogen-bond acceptors (Lipinski definition) is 3. The standard InChI is InChI=1S/C29H31ClN4O/c1-19(2)26(33(17-22-11-12-22)29(35)23-13-9-20(3)10-14-23)28-32-25-24(30)15-16-31-27(25)34(28)18-21-7-5-4-6-8-21/h4-10,13-16,19,22,26H,11-12,17-18H2,1-3H3/t26-/m1/s1. The molecule has 35 heavy (non-hydrogen) atoms. The molecule has 1 saturated carbocycles. The number of rotatable bonds is 8. The molecule has 180 valence electrons. The number of aromatic nitrogens is 3. The molecule has 2 aromatic carbocycles. The molecule has 1 atom stereocenters. The van der Waals surface area contributed by atoms with E-state index in [9.17, 15) is 4.79 Å². The monoisotopic (exact) mass is 486 g/mol. The van der Waals surface area contributed by atoms with Gasteiger partial charge < -0.3 is 9.47 Å². The molecule has 2 heterocycles. The average molecular weight is 487 g/mol. The smallest absolute Gasteiger partial charge is 0.254 e. The van der Waals surface area contributed by atoms with E-state index in [0.29, 0.717) is 28.6 Å². The third-order valence-electron chi connectivity index (χ3n) is 6.74. The Kier molecular flexibility index (Phi) is 6.61. The van der Waals surface area contributed by atoms with Gasteiger partial charge in [0.25, 0.3) is 5.91 Å². The predicted molar refractivity (Wildman–Crippen MR) is 141 cm³/mol. The molecule has 1 amide bonds. The molecule has 5 rings (SSSR count). The predicted octanol–water partition coefficient (Wildman–Crippen LogP) is 6.69. The van der Waals surface area contributed by atoms with Crippen molar-refractivity contribution in [1.82, 2.24) is 19.4 Å². The van der Waals surface area contributed by atoms with Crippen LogP contribution in [0.15, 0.2) is 66.9 Å². The van der Waals surface area contributed by atoms with Crippen molar-refractivity contribution >= 4 is 28.7 Å². The van der Waals surface area contributed by atoms with Gasteiger partial charge in [0.2, 0.25) is 0 Å². The fraction of sp³-hybridized carbons (Fsp3) is 0.345. The lowest BCUT2D eigenvalue weighted by Crippen LogP contribution is -2.40. The molecule has 0 aliphatic heterocycles. The van der Waals surface area contributed by atoms with Crippen LogP contribution in [0.4, 0.5) is 0 Å². The van der Waals surface area contributed by atoms with Crippen LogP contribution in [-0.2, 0) is 6.54 Å². The molecule has 0 saturated heterocycles. The number of aryl methyl sites for hydroxylation is 1. The van der Waals surface area contributed by atoms with Gasteiger partial charge in [-0.3, -0.25) is 4.79 Å². The van der Waals surface area contributed by atoms with Crippen molar-refractivity contribution in [1.29, 1.82) is 0 Å². The normalized spacial score (nSPS) is 14.4. The molecule has 0 N–H and O–H groups in total. The lowest BCUT2D eigenvalue weighted by molar-refractivity contribution is 0.0593. The zero-order valence-electron chi connectivity index (χ0n) is 20.5. The summed E-state index contributed by atoms with van der Waals surface area (Å²) >= 11 is 6.58. The highest BCUT2D eigenvalue weighted by Crippen LogP contribution is 2.38. The Balaban J connectivity index is 1.64. The van der Waals surface area contributed by atoms with E-state index in [4.69, 9.17) is 16.6 Å². The highest BCUT2D eigenvalue weighted by molar-refractivity contribution is 6.34. The molecule has 0 spiro atoms. The number of carbonyl (C=O) groups is 1. The highest BCUT2D eigenvalue weighted by Gasteiger charge is 2.37. The van der Waals surface area contributed by atoms with Crippen molar-refractivity contribution in [2.24, 2.45) is 11.8 Å². The van der Waals surface area contributed by atoms with Crippen LogP contribution < -0.4 is 0 Å². The van der Waals surface area contributed by atoms with Crippen LogP contribution in [0.2, 0.25) is 5.02 Å². The summed E-state index contributed by atoms with van der Waals surface area (Å²) in [6.07, 6.45) is 4.05. The van der Waals surface area contributed by atoms with Gasteiger partial charge in [-0.15, -0.1) is 0 Å². The summed E-state index contributed by atoms with van der Waals surface area (Å²) in [5.74, 6) is 1.57. The number of benzene rings is 2. The van der Waals surface area contributed by atoms with Gasteiger partial charge in [-0.1, -0.05) is 73.5 Å². The average Bonchev–Trinajstić information content (AvgIpc) is 3.60. The molecule has 2 aromatic heterocycles. The van der Waals surface area contributed by atoms with Crippen LogP contribution in [0.3, 0.4) is 0 Å². The molecule has 1 fully saturated rings. The van der Waals surface area contributed by atoms with Crippen molar-refractivity contribution < 1.29 is 4.79 Å². The first-order chi connectivity index (χ1) is 16.9. The maximum atomic E-state index is 13.9. The summed E-state index contributed by atoms with van der Waals surface area (Å²) in [4.78, 5) is 25.7. The first-order valence-corrected chi connectivity index (χ1v) is 12.7. The van der Waals surface area contributed by atoms with Crippen molar-refractivity contribution in [3.05, 3.63) is 94.4 Å². The first-order valence-electron chi connectivity index (χ1n) is 12.3. The van der Waals surface area contributed by atoms with Crippen LogP contribution >= 0.6 is 11.6 Å². The molecule has 1 aliphatic carbocycles. The lowest BCUT2D eigenvalue weighted by atomic mass is 9.99. The third-order valence-corrected chi connectivity index (χ3v) is 7.05. The van der Waals surface area contributed by atoms with Crippen LogP contribution in [0.1, 0.15) is 60.0 Å². The summed E-state index contributed by atoms with van der Waals surface area (Å²) in [6, 6.07) is 19.7. The molecule has 1 aliphatic rings. The Bertz CT molecular complexity index is 1330. The molecule has 6 heteroatoms. The van der Waals surface area contributed by atoms with Gasteiger partial charge in [-0.25, -0.2) is 9.97 Å². The second-order valence-electron chi connectivity index (χ2n) is 9.96. The van der Waals surface area contributed by atoms with Crippen molar-refractivity contribution in [2.45, 2.75) is 46.2 Å². The van der Waals surface area contributed by atoms with E-state index in [1.54, 1.807) is 12.3 Å². The van der Waals surface area contributed by atoms with E-state index in [1.165, 1.54) is 0 Å². The zero-order chi connectivity index (χ0) is 24.5. The van der Waals surface area contributed by atoms with E-state index >= 15 is 0 Å². The highest BCUT2D eigenvalue weighted by atomic mass is 35.5. The van der Waals surface area contributed by atoms with Crippen molar-refractivity contribution in [3.63, 3.8) is 0 Å². The number of nitrogens with zero attached hydrogens (tertiary/aromatic N) is 4. The number of hydrogen-bond donors (Lipinski definition) is 0. The minimum atomic E-state index is -0.210. The zero-order valence-corrected chi connectivity index (χ0v) is 21.2. The Morgan fingerprint density at radius 3 is 2.46 bits per heavy atom. The lowest BCUT2D eigenvalue weighted by Gasteiger charge is -2.35. The fourth-order valence-corrected chi connectivity index (χ4v) is 4.90. The molecule has 0 unspecified atom stereocenters. The summed E-state index contributed by atoms with van der Waals surface area (Å²) in [6.45, 7) is 7.70. The van der Waals surface area contributed by atoms with Gasteiger partial charge in [0.15, 0.2) is 5.65 Å². The van der Waals surface area contributed by atoms with Gasteiger partial charge in [-0.05, 0) is 55.4 Å². The molecule has 5 nitrogen and oxygen atoms in total. The summed E-state index contributed by atoms with van der Waals surface area (Å²) in [5.41, 5.74) is 4.43. The number of pyridine rings is 1. The van der Waals surface area contributed by atoms with E-state index in [0.717, 1.165) is 42.0 Å². The van der Waals surface area contributed by atoms with E-state index in [2.05, 4.69) is 35.5 Å². The van der Waals surface area contributed by atoms with Crippen LogP contribution in [0, 0.1) is 18.8 Å². The number of halogens is 1. The second-order valence-corrected chi connectivity index (χ2v) is 10.4. The Labute approximate surface area is 211 Å². The Hall–Kier alpha value is -3.18. The molecular formula is C29H31ClN4O. The second kappa shape index (κ2) is 9.82. The number of fused-ring (bicyclic) bond motifs is 1. The fourth-order valence-electron chi connectivity index (χ4n) is 4.71. The summed E-state index contributed by atoms with van der Waals surface area (Å²) in [5, 5.41) is 0.573. The topological polar surface area (TPSA) is 51.0 Å². The summed E-state index contributed by atoms with van der Waals surface area (Å²) < 4.78 is 2.14. The van der Waals surface area contributed by atoms with E-state index in [1.807, 2.05) is 54.3 Å². The van der Waals surface area contributed by atoms with E-state index in [-0.39, 0.29) is 17.9 Å². The Morgan fingerprint density at radius 1 is 1.09 bits per heavy atom. The molecule has 4 aromatic rings. The SMILES string of the molecule is Cc1ccc(C(=O)N(CC2CC2)[C@@H](c2nc3c(Cl)ccnc3n2Cc2ccccc2)C(C)C)cc1. The molecule has 0 radical (unpaired) electrons. The van der Waals surface area contributed by atoms with Gasteiger partial charge in [-0.2, -0.15) is 0 Å². The van der Waals surface area contributed by atoms with Gasteiger partial charge in [0.05, 0.1) is 17.6 Å². The molecule has 0 bridgehead atoms. The maximum Gasteiger partial charge on any atom is 0.254 e.